The zero-order valence-electron chi connectivity index (χ0n) is 26.7. The molecule has 3 aromatic rings. The number of hydrogen-bond acceptors (Lipinski definition) is 8. The summed E-state index contributed by atoms with van der Waals surface area (Å²) in [6.07, 6.45) is -5.07. The molecule has 258 valence electrons. The van der Waals surface area contributed by atoms with Crippen molar-refractivity contribution in [2.24, 2.45) is 11.3 Å². The number of nitrogens with two attached hydrogens (primary N) is 1. The molecule has 0 aliphatic carbocycles. The second-order valence-corrected chi connectivity index (χ2v) is 14.4. The maximum atomic E-state index is 17.0. The van der Waals surface area contributed by atoms with E-state index in [1.165, 1.54) is 6.92 Å². The molecule has 15 heteroatoms. The van der Waals surface area contributed by atoms with E-state index in [4.69, 9.17) is 27.1 Å². The number of likely N-dealkylation sites (tertiary alicyclic amines) is 1. The van der Waals surface area contributed by atoms with Gasteiger partial charge in [-0.15, -0.1) is 0 Å². The van der Waals surface area contributed by atoms with Crippen LogP contribution in [0.2, 0.25) is 5.02 Å². The molecule has 0 amide bonds. The van der Waals surface area contributed by atoms with Crippen LogP contribution in [0.5, 0.6) is 6.01 Å². The number of ether oxygens (including phenoxy) is 1. The van der Waals surface area contributed by atoms with E-state index in [2.05, 4.69) is 26.8 Å². The van der Waals surface area contributed by atoms with E-state index in [0.717, 1.165) is 18.9 Å². The molecule has 8 nitrogen and oxygen atoms in total. The number of piperidine rings is 1. The molecule has 3 fully saturated rings. The highest BCUT2D eigenvalue weighted by Crippen LogP contribution is 2.51. The third-order valence-electron chi connectivity index (χ3n) is 10.6. The highest BCUT2D eigenvalue weighted by atomic mass is 35.5. The number of alkyl halides is 5. The van der Waals surface area contributed by atoms with Crippen LogP contribution in [0.3, 0.4) is 0 Å². The maximum absolute atomic E-state index is 17.0. The molecule has 2 aromatic heterocycles. The van der Waals surface area contributed by atoms with Crippen LogP contribution >= 0.6 is 11.6 Å². The van der Waals surface area contributed by atoms with Gasteiger partial charge in [0.2, 0.25) is 6.43 Å². The molecule has 0 saturated carbocycles. The summed E-state index contributed by atoms with van der Waals surface area (Å²) in [6, 6.07) is 0.791. The molecule has 48 heavy (non-hydrogen) atoms. The fraction of sp³-hybridized carbons (Fsp3) is 0.545. The van der Waals surface area contributed by atoms with Crippen LogP contribution in [-0.2, 0) is 6.18 Å². The Morgan fingerprint density at radius 1 is 1.19 bits per heavy atom. The number of halogens is 7. The van der Waals surface area contributed by atoms with Crippen LogP contribution in [0, 0.1) is 24.1 Å². The second kappa shape index (κ2) is 11.6. The molecule has 2 bridgehead atoms. The lowest BCUT2D eigenvalue weighted by molar-refractivity contribution is -0.137. The molecule has 1 aromatic carbocycles. The van der Waals surface area contributed by atoms with E-state index in [1.807, 2.05) is 11.9 Å². The summed E-state index contributed by atoms with van der Waals surface area (Å²) in [5, 5.41) is 3.51. The van der Waals surface area contributed by atoms with Crippen LogP contribution in [0.15, 0.2) is 12.6 Å². The van der Waals surface area contributed by atoms with Crippen molar-refractivity contribution in [2.45, 2.75) is 70.3 Å². The van der Waals surface area contributed by atoms with Gasteiger partial charge < -0.3 is 25.6 Å². The van der Waals surface area contributed by atoms with Gasteiger partial charge in [-0.1, -0.05) is 25.1 Å². The van der Waals surface area contributed by atoms with Gasteiger partial charge in [-0.2, -0.15) is 23.1 Å². The minimum absolute atomic E-state index is 0.0471. The standard InChI is InChI=1S/C33H36ClF6N7O/c1-14-9-19-18-6-5-16(42-18)11-47(19)30-22-21(14)25(34)23(27-24(33(38,39)40)15(2)10-20(41)43-27)26(35)28(22)44-31(45-30)48-13-32(3)12-46(4)8-7-17(32)29(36)37/h10,16-19,29,42H,1,5-9,11-13H2,2-4H3,(H2,41,43)/t16-,17?,18+,19-,32?/m1/s1. The predicted octanol–water partition coefficient (Wildman–Crippen LogP) is 6.72. The lowest BCUT2D eigenvalue weighted by atomic mass is 9.73. The Bertz CT molecular complexity index is 1820. The highest BCUT2D eigenvalue weighted by molar-refractivity contribution is 6.37. The Morgan fingerprint density at radius 3 is 2.65 bits per heavy atom. The highest BCUT2D eigenvalue weighted by Gasteiger charge is 2.47. The van der Waals surface area contributed by atoms with E-state index >= 15 is 4.39 Å². The fourth-order valence-corrected chi connectivity index (χ4v) is 8.79. The Balaban J connectivity index is 1.46. The minimum atomic E-state index is -4.92. The van der Waals surface area contributed by atoms with Gasteiger partial charge >= 0.3 is 12.2 Å². The zero-order chi connectivity index (χ0) is 34.4. The number of aromatic nitrogens is 3. The molecule has 3 N–H and O–H groups in total. The number of nitrogens with one attached hydrogen (secondary N) is 1. The summed E-state index contributed by atoms with van der Waals surface area (Å²) in [6.45, 7) is 8.36. The number of benzene rings is 1. The van der Waals surface area contributed by atoms with Crippen molar-refractivity contribution in [3.63, 3.8) is 0 Å². The average molecular weight is 696 g/mol. The first-order chi connectivity index (χ1) is 22.6. The number of fused-ring (bicyclic) bond motifs is 5. The monoisotopic (exact) mass is 695 g/mol. The van der Waals surface area contributed by atoms with E-state index in [1.54, 1.807) is 6.92 Å². The molecule has 0 radical (unpaired) electrons. The lowest BCUT2D eigenvalue weighted by Crippen LogP contribution is -2.58. The van der Waals surface area contributed by atoms with E-state index in [9.17, 15) is 22.0 Å². The number of nitrogens with zero attached hydrogens (tertiary/aromatic N) is 5. The van der Waals surface area contributed by atoms with Crippen molar-refractivity contribution in [3.8, 4) is 17.3 Å². The average Bonchev–Trinajstić information content (AvgIpc) is 3.32. The summed E-state index contributed by atoms with van der Waals surface area (Å²) < 4.78 is 95.0. The molecule has 5 atom stereocenters. The first-order valence-electron chi connectivity index (χ1n) is 15.9. The van der Waals surface area contributed by atoms with Gasteiger partial charge in [0.1, 0.15) is 17.2 Å². The minimum Gasteiger partial charge on any atom is -0.463 e. The van der Waals surface area contributed by atoms with Gasteiger partial charge in [0.15, 0.2) is 5.82 Å². The number of pyridine rings is 1. The summed E-state index contributed by atoms with van der Waals surface area (Å²) in [7, 11) is 1.84. The largest absolute Gasteiger partial charge is 0.463 e. The molecule has 3 saturated heterocycles. The van der Waals surface area contributed by atoms with Gasteiger partial charge in [0.25, 0.3) is 0 Å². The van der Waals surface area contributed by atoms with E-state index in [0.29, 0.717) is 37.4 Å². The van der Waals surface area contributed by atoms with Crippen molar-refractivity contribution in [3.05, 3.63) is 40.2 Å². The molecule has 2 unspecified atom stereocenters. The molecular weight excluding hydrogens is 660 g/mol. The van der Waals surface area contributed by atoms with Crippen molar-refractivity contribution < 1.29 is 31.1 Å². The quantitative estimate of drug-likeness (QED) is 0.285. The molecule has 4 aliphatic rings. The topological polar surface area (TPSA) is 92.4 Å². The number of aryl methyl sites for hydroxylation is 1. The van der Waals surface area contributed by atoms with Gasteiger partial charge in [-0.3, -0.25) is 0 Å². The van der Waals surface area contributed by atoms with E-state index < -0.39 is 46.6 Å². The Kier molecular flexibility index (Phi) is 8.02. The van der Waals surface area contributed by atoms with Crippen LogP contribution < -0.4 is 20.7 Å². The van der Waals surface area contributed by atoms with Crippen molar-refractivity contribution in [2.75, 3.05) is 43.9 Å². The Labute approximate surface area is 278 Å². The number of hydrogen-bond donors (Lipinski definition) is 2. The smallest absolute Gasteiger partial charge is 0.418 e. The first kappa shape index (κ1) is 33.2. The van der Waals surface area contributed by atoms with Gasteiger partial charge in [0, 0.05) is 48.1 Å². The third-order valence-corrected chi connectivity index (χ3v) is 10.9. The summed E-state index contributed by atoms with van der Waals surface area (Å²) in [5.74, 6) is -2.06. The number of rotatable bonds is 5. The summed E-state index contributed by atoms with van der Waals surface area (Å²) >= 11 is 6.94. The van der Waals surface area contributed by atoms with Gasteiger partial charge in [-0.25, -0.2) is 18.2 Å². The number of piperazine rings is 1. The maximum Gasteiger partial charge on any atom is 0.418 e. The predicted molar refractivity (Wildman–Crippen MR) is 172 cm³/mol. The fourth-order valence-electron chi connectivity index (χ4n) is 8.39. The normalized spacial score (nSPS) is 27.5. The molecule has 4 aliphatic heterocycles. The molecule has 0 spiro atoms. The third kappa shape index (κ3) is 5.34. The summed E-state index contributed by atoms with van der Waals surface area (Å²) in [4.78, 5) is 17.1. The summed E-state index contributed by atoms with van der Waals surface area (Å²) in [5.41, 5.74) is 2.48. The Hall–Kier alpha value is -3.36. The van der Waals surface area contributed by atoms with Crippen molar-refractivity contribution in [1.82, 2.24) is 25.2 Å². The molecule has 7 rings (SSSR count). The first-order valence-corrected chi connectivity index (χ1v) is 16.3. The second-order valence-electron chi connectivity index (χ2n) is 14.0. The van der Waals surface area contributed by atoms with Crippen LogP contribution in [0.25, 0.3) is 27.7 Å². The van der Waals surface area contributed by atoms with Crippen molar-refractivity contribution in [1.29, 1.82) is 0 Å². The van der Waals surface area contributed by atoms with Gasteiger partial charge in [0.05, 0.1) is 33.8 Å². The zero-order valence-corrected chi connectivity index (χ0v) is 27.5. The van der Waals surface area contributed by atoms with Gasteiger partial charge in [-0.05, 0) is 63.4 Å². The van der Waals surface area contributed by atoms with Crippen LogP contribution in [0.4, 0.5) is 38.0 Å². The van der Waals surface area contributed by atoms with E-state index in [-0.39, 0.29) is 70.0 Å². The van der Waals surface area contributed by atoms with Crippen LogP contribution in [-0.4, -0.2) is 77.7 Å². The SMILES string of the molecule is C=C1C[C@@H]2[C@@H]3CC[C@H](CN2c2nc(OCC4(C)CN(C)CCC4C(F)F)nc4c(F)c(-c5nc(N)cc(C)c5C(F)(F)F)c(Cl)c1c24)N3. The molecule has 6 heterocycles. The lowest BCUT2D eigenvalue weighted by Gasteiger charge is -2.44. The number of nitrogen functional groups attached to an aromatic ring is 1. The van der Waals surface area contributed by atoms with Crippen LogP contribution in [0.1, 0.15) is 49.3 Å². The van der Waals surface area contributed by atoms with Crippen molar-refractivity contribution >= 4 is 39.7 Å². The Morgan fingerprint density at radius 2 is 1.94 bits per heavy atom. The number of anilines is 2. The molecular formula is C33H36ClF6N7O.